The van der Waals surface area contributed by atoms with Crippen molar-refractivity contribution in [1.82, 2.24) is 15.1 Å². The van der Waals surface area contributed by atoms with Gasteiger partial charge in [-0.25, -0.2) is 0 Å². The molecule has 2 fully saturated rings. The van der Waals surface area contributed by atoms with E-state index in [4.69, 9.17) is 4.42 Å². The van der Waals surface area contributed by atoms with Gasteiger partial charge in [-0.3, -0.25) is 9.59 Å². The number of carbonyl (C=O) groups is 2. The van der Waals surface area contributed by atoms with Crippen LogP contribution in [0.2, 0.25) is 0 Å². The third kappa shape index (κ3) is 4.26. The van der Waals surface area contributed by atoms with Crippen molar-refractivity contribution < 1.29 is 14.0 Å². The molecule has 6 heteroatoms. The van der Waals surface area contributed by atoms with Gasteiger partial charge in [-0.2, -0.15) is 0 Å². The van der Waals surface area contributed by atoms with E-state index in [0.717, 1.165) is 31.7 Å². The van der Waals surface area contributed by atoms with Crippen LogP contribution in [-0.4, -0.2) is 52.8 Å². The summed E-state index contributed by atoms with van der Waals surface area (Å²) in [6.45, 7) is 8.42. The van der Waals surface area contributed by atoms with Crippen LogP contribution in [0.3, 0.4) is 0 Å². The average molecular weight is 388 g/mol. The zero-order valence-electron chi connectivity index (χ0n) is 17.3. The molecule has 0 bridgehead atoms. The van der Waals surface area contributed by atoms with Gasteiger partial charge in [0.2, 0.25) is 11.8 Å². The number of likely N-dealkylation sites (tertiary alicyclic amines) is 1. The monoisotopic (exact) mass is 387 g/mol. The molecule has 2 amide bonds. The lowest BCUT2D eigenvalue weighted by atomic mass is 9.81. The lowest BCUT2D eigenvalue weighted by molar-refractivity contribution is -0.161. The predicted molar refractivity (Wildman–Crippen MR) is 108 cm³/mol. The summed E-state index contributed by atoms with van der Waals surface area (Å²) in [5.74, 6) is 1.43. The van der Waals surface area contributed by atoms with Crippen LogP contribution in [0.1, 0.15) is 52.2 Å². The summed E-state index contributed by atoms with van der Waals surface area (Å²) < 4.78 is 5.35. The molecule has 154 valence electrons. The Kier molecular flexibility index (Phi) is 6.47. The minimum Gasteiger partial charge on any atom is -0.469 e. The normalized spacial score (nSPS) is 22.5. The number of amides is 2. The second-order valence-electron chi connectivity index (χ2n) is 8.38. The molecule has 1 aromatic heterocycles. The number of furan rings is 1. The van der Waals surface area contributed by atoms with Crippen molar-refractivity contribution in [1.29, 1.82) is 0 Å². The van der Waals surface area contributed by atoms with Crippen LogP contribution < -0.4 is 5.32 Å². The summed E-state index contributed by atoms with van der Waals surface area (Å²) in [4.78, 5) is 30.4. The Labute approximate surface area is 167 Å². The van der Waals surface area contributed by atoms with Crippen molar-refractivity contribution in [3.63, 3.8) is 0 Å². The van der Waals surface area contributed by atoms with Crippen LogP contribution in [0.25, 0.3) is 0 Å². The molecule has 2 saturated heterocycles. The van der Waals surface area contributed by atoms with Crippen LogP contribution in [0, 0.1) is 5.92 Å². The van der Waals surface area contributed by atoms with Crippen molar-refractivity contribution >= 4 is 11.8 Å². The Hall–Kier alpha value is -2.24. The summed E-state index contributed by atoms with van der Waals surface area (Å²) >= 11 is 0. The van der Waals surface area contributed by atoms with Crippen LogP contribution >= 0.6 is 0 Å². The second-order valence-corrected chi connectivity index (χ2v) is 8.38. The van der Waals surface area contributed by atoms with Gasteiger partial charge in [0, 0.05) is 26.1 Å². The molecule has 1 aromatic rings. The SMILES string of the molecule is CCCN1C(=O)C(CC(C)C)NC(=O)C12CCN(C=CCc1ccco1)CC2. The molecular formula is C22H33N3O3. The summed E-state index contributed by atoms with van der Waals surface area (Å²) in [5.41, 5.74) is -0.689. The molecule has 2 aliphatic rings. The van der Waals surface area contributed by atoms with E-state index < -0.39 is 5.54 Å². The third-order valence-corrected chi connectivity index (χ3v) is 5.80. The third-order valence-electron chi connectivity index (χ3n) is 5.80. The van der Waals surface area contributed by atoms with Crippen LogP contribution in [0.5, 0.6) is 0 Å². The molecule has 6 nitrogen and oxygen atoms in total. The number of hydrogen-bond acceptors (Lipinski definition) is 4. The Balaban J connectivity index is 1.66. The quantitative estimate of drug-likeness (QED) is 0.781. The minimum absolute atomic E-state index is 0.0328. The molecule has 1 unspecified atom stereocenters. The Morgan fingerprint density at radius 3 is 2.68 bits per heavy atom. The fourth-order valence-corrected chi connectivity index (χ4v) is 4.34. The van der Waals surface area contributed by atoms with Crippen LogP contribution in [-0.2, 0) is 16.0 Å². The fourth-order valence-electron chi connectivity index (χ4n) is 4.34. The largest absolute Gasteiger partial charge is 0.469 e. The first-order chi connectivity index (χ1) is 13.5. The van der Waals surface area contributed by atoms with Gasteiger partial charge in [0.05, 0.1) is 6.26 Å². The van der Waals surface area contributed by atoms with Crippen LogP contribution in [0.15, 0.2) is 35.1 Å². The Morgan fingerprint density at radius 2 is 2.07 bits per heavy atom. The molecule has 28 heavy (non-hydrogen) atoms. The average Bonchev–Trinajstić information content (AvgIpc) is 3.18. The van der Waals surface area contributed by atoms with Crippen molar-refractivity contribution in [3.05, 3.63) is 36.4 Å². The van der Waals surface area contributed by atoms with E-state index in [1.165, 1.54) is 0 Å². The molecule has 0 aromatic carbocycles. The topological polar surface area (TPSA) is 65.8 Å². The summed E-state index contributed by atoms with van der Waals surface area (Å²) in [7, 11) is 0. The van der Waals surface area contributed by atoms with E-state index >= 15 is 0 Å². The first-order valence-electron chi connectivity index (χ1n) is 10.5. The molecular weight excluding hydrogens is 354 g/mol. The number of hydrogen-bond donors (Lipinski definition) is 1. The Morgan fingerprint density at radius 1 is 1.32 bits per heavy atom. The standard InChI is InChI=1S/C22H33N3O3/c1-4-11-25-20(26)19(16-17(2)3)23-21(27)22(25)9-13-24(14-10-22)12-5-7-18-8-6-15-28-18/h5-6,8,12,15,17,19H,4,7,9-11,13-14,16H2,1-3H3,(H,23,27). The number of piperazine rings is 1. The molecule has 3 heterocycles. The van der Waals surface area contributed by atoms with Crippen molar-refractivity contribution in [2.75, 3.05) is 19.6 Å². The molecule has 1 atom stereocenters. The van der Waals surface area contributed by atoms with E-state index in [2.05, 4.69) is 43.3 Å². The van der Waals surface area contributed by atoms with Gasteiger partial charge < -0.3 is 19.5 Å². The first kappa shape index (κ1) is 20.5. The van der Waals surface area contributed by atoms with Crippen molar-refractivity contribution in [3.8, 4) is 0 Å². The first-order valence-corrected chi connectivity index (χ1v) is 10.5. The lowest BCUT2D eigenvalue weighted by Gasteiger charge is -2.51. The zero-order valence-corrected chi connectivity index (χ0v) is 17.3. The highest BCUT2D eigenvalue weighted by Crippen LogP contribution is 2.34. The predicted octanol–water partition coefficient (Wildman–Crippen LogP) is 2.95. The van der Waals surface area contributed by atoms with Gasteiger partial charge in [0.15, 0.2) is 0 Å². The number of nitrogens with one attached hydrogen (secondary N) is 1. The molecule has 2 aliphatic heterocycles. The number of piperidine rings is 1. The van der Waals surface area contributed by atoms with Gasteiger partial charge >= 0.3 is 0 Å². The highest BCUT2D eigenvalue weighted by molar-refractivity contribution is 6.00. The number of carbonyl (C=O) groups excluding carboxylic acids is 2. The molecule has 1 N–H and O–H groups in total. The number of allylic oxidation sites excluding steroid dienone is 1. The van der Waals surface area contributed by atoms with E-state index in [-0.39, 0.29) is 17.9 Å². The van der Waals surface area contributed by atoms with E-state index in [1.807, 2.05) is 17.0 Å². The molecule has 1 spiro atoms. The van der Waals surface area contributed by atoms with Crippen molar-refractivity contribution in [2.45, 2.75) is 64.5 Å². The summed E-state index contributed by atoms with van der Waals surface area (Å²) in [6.07, 6.45) is 9.52. The van der Waals surface area contributed by atoms with Crippen molar-refractivity contribution in [2.24, 2.45) is 5.92 Å². The highest BCUT2D eigenvalue weighted by Gasteiger charge is 2.53. The second kappa shape index (κ2) is 8.84. The van der Waals surface area contributed by atoms with Gasteiger partial charge in [-0.1, -0.05) is 26.8 Å². The maximum Gasteiger partial charge on any atom is 0.246 e. The van der Waals surface area contributed by atoms with Gasteiger partial charge in [-0.15, -0.1) is 0 Å². The van der Waals surface area contributed by atoms with E-state index in [1.54, 1.807) is 6.26 Å². The number of rotatable bonds is 7. The van der Waals surface area contributed by atoms with Gasteiger partial charge in [-0.05, 0) is 49.9 Å². The fraction of sp³-hybridized carbons (Fsp3) is 0.636. The molecule has 3 rings (SSSR count). The molecule has 0 saturated carbocycles. The lowest BCUT2D eigenvalue weighted by Crippen LogP contribution is -2.72. The van der Waals surface area contributed by atoms with E-state index in [0.29, 0.717) is 31.7 Å². The van der Waals surface area contributed by atoms with Gasteiger partial charge in [0.1, 0.15) is 17.3 Å². The smallest absolute Gasteiger partial charge is 0.246 e. The number of nitrogens with zero attached hydrogens (tertiary/aromatic N) is 2. The summed E-state index contributed by atoms with van der Waals surface area (Å²) in [5, 5.41) is 3.04. The van der Waals surface area contributed by atoms with Crippen LogP contribution in [0.4, 0.5) is 0 Å². The maximum atomic E-state index is 13.1. The summed E-state index contributed by atoms with van der Waals surface area (Å²) in [6, 6.07) is 3.47. The highest BCUT2D eigenvalue weighted by atomic mass is 16.3. The molecule has 0 radical (unpaired) electrons. The molecule has 0 aliphatic carbocycles. The van der Waals surface area contributed by atoms with Gasteiger partial charge in [0.25, 0.3) is 0 Å². The maximum absolute atomic E-state index is 13.1. The minimum atomic E-state index is -0.689. The Bertz CT molecular complexity index is 688. The zero-order chi connectivity index (χ0) is 20.1. The van der Waals surface area contributed by atoms with E-state index in [9.17, 15) is 9.59 Å².